The van der Waals surface area contributed by atoms with Crippen LogP contribution >= 0.6 is 15.9 Å². The number of halogens is 1. The summed E-state index contributed by atoms with van der Waals surface area (Å²) in [6, 6.07) is 6.00. The molecule has 122 valence electrons. The van der Waals surface area contributed by atoms with Gasteiger partial charge in [0.25, 0.3) is 0 Å². The lowest BCUT2D eigenvalue weighted by Gasteiger charge is -2.24. The fourth-order valence-corrected chi connectivity index (χ4v) is 2.69. The first-order valence-corrected chi connectivity index (χ1v) is 8.16. The topological polar surface area (TPSA) is 50.8 Å². The molecule has 1 N–H and O–H groups in total. The molecule has 1 aliphatic rings. The molecule has 1 aromatic rings. The Bertz CT molecular complexity index is 543. The highest BCUT2D eigenvalue weighted by atomic mass is 79.9. The molecule has 0 radical (unpaired) electrons. The van der Waals surface area contributed by atoms with Crippen LogP contribution in [0.2, 0.25) is 0 Å². The van der Waals surface area contributed by atoms with E-state index in [-0.39, 0.29) is 12.1 Å². The third-order valence-corrected chi connectivity index (χ3v) is 4.06. The molecule has 1 heterocycles. The predicted octanol–water partition coefficient (Wildman–Crippen LogP) is 3.88. The Hall–Kier alpha value is -1.43. The van der Waals surface area contributed by atoms with Crippen molar-refractivity contribution < 1.29 is 14.3 Å². The van der Waals surface area contributed by atoms with Crippen molar-refractivity contribution in [2.75, 3.05) is 25.5 Å². The molecule has 1 saturated heterocycles. The highest BCUT2D eigenvalue weighted by Gasteiger charge is 2.29. The maximum atomic E-state index is 12.1. The summed E-state index contributed by atoms with van der Waals surface area (Å²) in [5, 5.41) is 3.46. The Morgan fingerprint density at radius 1 is 1.41 bits per heavy atom. The molecule has 22 heavy (non-hydrogen) atoms. The standard InChI is InChI=1S/C16H23BrN2O3/c1-16(2,3)22-15(20)19-8-7-11(10-19)18-14-9-12(21-4)5-6-13(14)17/h5-6,9,11,18H,7-8,10H2,1-4H3. The SMILES string of the molecule is COc1ccc(Br)c(NC2CCN(C(=O)OC(C)(C)C)C2)c1. The molecule has 0 aromatic heterocycles. The number of ether oxygens (including phenoxy) is 2. The minimum Gasteiger partial charge on any atom is -0.497 e. The number of methoxy groups -OCH3 is 1. The monoisotopic (exact) mass is 370 g/mol. The van der Waals surface area contributed by atoms with Crippen molar-refractivity contribution in [1.29, 1.82) is 0 Å². The van der Waals surface area contributed by atoms with Crippen molar-refractivity contribution in [3.8, 4) is 5.75 Å². The van der Waals surface area contributed by atoms with E-state index in [4.69, 9.17) is 9.47 Å². The number of nitrogens with one attached hydrogen (secondary N) is 1. The van der Waals surface area contributed by atoms with Gasteiger partial charge in [-0.15, -0.1) is 0 Å². The van der Waals surface area contributed by atoms with E-state index in [1.165, 1.54) is 0 Å². The van der Waals surface area contributed by atoms with Gasteiger partial charge in [0.2, 0.25) is 0 Å². The lowest BCUT2D eigenvalue weighted by Crippen LogP contribution is -2.36. The molecule has 1 atom stereocenters. The Labute approximate surface area is 140 Å². The van der Waals surface area contributed by atoms with Crippen LogP contribution in [0, 0.1) is 0 Å². The number of rotatable bonds is 3. The molecule has 0 spiro atoms. The summed E-state index contributed by atoms with van der Waals surface area (Å²) in [5.74, 6) is 0.799. The molecule has 1 unspecified atom stereocenters. The van der Waals surface area contributed by atoms with Crippen molar-refractivity contribution in [2.24, 2.45) is 0 Å². The van der Waals surface area contributed by atoms with Gasteiger partial charge in [0.05, 0.1) is 12.8 Å². The molecule has 5 nitrogen and oxygen atoms in total. The van der Waals surface area contributed by atoms with Gasteiger partial charge in [-0.3, -0.25) is 0 Å². The van der Waals surface area contributed by atoms with Gasteiger partial charge in [0.15, 0.2) is 0 Å². The smallest absolute Gasteiger partial charge is 0.410 e. The van der Waals surface area contributed by atoms with E-state index in [1.54, 1.807) is 12.0 Å². The highest BCUT2D eigenvalue weighted by molar-refractivity contribution is 9.10. The molecular formula is C16H23BrN2O3. The molecule has 0 saturated carbocycles. The molecule has 0 aliphatic carbocycles. The molecule has 1 aliphatic heterocycles. The van der Waals surface area contributed by atoms with Gasteiger partial charge in [0.1, 0.15) is 11.4 Å². The van der Waals surface area contributed by atoms with Crippen molar-refractivity contribution >= 4 is 27.7 Å². The van der Waals surface area contributed by atoms with Crippen molar-refractivity contribution in [3.63, 3.8) is 0 Å². The molecule has 1 amide bonds. The highest BCUT2D eigenvalue weighted by Crippen LogP contribution is 2.29. The first-order chi connectivity index (χ1) is 10.3. The number of hydrogen-bond acceptors (Lipinski definition) is 4. The molecule has 1 fully saturated rings. The van der Waals surface area contributed by atoms with Gasteiger partial charge < -0.3 is 19.7 Å². The zero-order chi connectivity index (χ0) is 16.3. The zero-order valence-electron chi connectivity index (χ0n) is 13.5. The van der Waals surface area contributed by atoms with Gasteiger partial charge in [-0.25, -0.2) is 4.79 Å². The van der Waals surface area contributed by atoms with Crippen LogP contribution in [0.25, 0.3) is 0 Å². The van der Waals surface area contributed by atoms with E-state index in [2.05, 4.69) is 21.2 Å². The van der Waals surface area contributed by atoms with E-state index in [1.807, 2.05) is 39.0 Å². The van der Waals surface area contributed by atoms with Crippen LogP contribution in [-0.2, 0) is 4.74 Å². The number of likely N-dealkylation sites (tertiary alicyclic amines) is 1. The van der Waals surface area contributed by atoms with Crippen LogP contribution in [0.5, 0.6) is 5.75 Å². The van der Waals surface area contributed by atoms with Crippen LogP contribution in [-0.4, -0.2) is 42.8 Å². The van der Waals surface area contributed by atoms with E-state index < -0.39 is 5.60 Å². The summed E-state index contributed by atoms with van der Waals surface area (Å²) in [7, 11) is 1.65. The van der Waals surface area contributed by atoms with E-state index in [0.717, 1.165) is 22.3 Å². The number of carbonyl (C=O) groups is 1. The number of nitrogens with zero attached hydrogens (tertiary/aromatic N) is 1. The van der Waals surface area contributed by atoms with Crippen LogP contribution in [0.15, 0.2) is 22.7 Å². The summed E-state index contributed by atoms with van der Waals surface area (Å²) in [4.78, 5) is 13.8. The number of anilines is 1. The first kappa shape index (κ1) is 16.9. The summed E-state index contributed by atoms with van der Waals surface area (Å²) in [6.45, 7) is 6.98. The summed E-state index contributed by atoms with van der Waals surface area (Å²) in [6.07, 6.45) is 0.643. The second kappa shape index (κ2) is 6.77. The van der Waals surface area contributed by atoms with Crippen LogP contribution in [0.4, 0.5) is 10.5 Å². The second-order valence-electron chi connectivity index (χ2n) is 6.40. The molecule has 2 rings (SSSR count). The van der Waals surface area contributed by atoms with Crippen molar-refractivity contribution in [1.82, 2.24) is 4.90 Å². The number of benzene rings is 1. The summed E-state index contributed by atoms with van der Waals surface area (Å²) in [5.41, 5.74) is 0.508. The third-order valence-electron chi connectivity index (χ3n) is 3.37. The Morgan fingerprint density at radius 3 is 2.77 bits per heavy atom. The Morgan fingerprint density at radius 2 is 2.14 bits per heavy atom. The minimum atomic E-state index is -0.460. The fourth-order valence-electron chi connectivity index (χ4n) is 2.33. The first-order valence-electron chi connectivity index (χ1n) is 7.36. The lowest BCUT2D eigenvalue weighted by molar-refractivity contribution is 0.0293. The zero-order valence-corrected chi connectivity index (χ0v) is 15.1. The van der Waals surface area contributed by atoms with E-state index in [0.29, 0.717) is 13.1 Å². The van der Waals surface area contributed by atoms with Gasteiger partial charge in [-0.1, -0.05) is 0 Å². The maximum absolute atomic E-state index is 12.1. The van der Waals surface area contributed by atoms with Gasteiger partial charge in [-0.2, -0.15) is 0 Å². The third kappa shape index (κ3) is 4.53. The van der Waals surface area contributed by atoms with Crippen LogP contribution < -0.4 is 10.1 Å². The van der Waals surface area contributed by atoms with Crippen molar-refractivity contribution in [2.45, 2.75) is 38.8 Å². The lowest BCUT2D eigenvalue weighted by atomic mass is 10.2. The average Bonchev–Trinajstić information content (AvgIpc) is 2.88. The molecular weight excluding hydrogens is 348 g/mol. The number of carbonyl (C=O) groups excluding carboxylic acids is 1. The molecule has 0 bridgehead atoms. The largest absolute Gasteiger partial charge is 0.497 e. The minimum absolute atomic E-state index is 0.205. The predicted molar refractivity (Wildman–Crippen MR) is 90.5 cm³/mol. The second-order valence-corrected chi connectivity index (χ2v) is 7.26. The molecule has 1 aromatic carbocycles. The number of hydrogen-bond donors (Lipinski definition) is 1. The van der Waals surface area contributed by atoms with Crippen molar-refractivity contribution in [3.05, 3.63) is 22.7 Å². The molecule has 6 heteroatoms. The fraction of sp³-hybridized carbons (Fsp3) is 0.562. The normalized spacial score (nSPS) is 18.2. The van der Waals surface area contributed by atoms with Gasteiger partial charge >= 0.3 is 6.09 Å². The van der Waals surface area contributed by atoms with Gasteiger partial charge in [0, 0.05) is 29.7 Å². The van der Waals surface area contributed by atoms with E-state index >= 15 is 0 Å². The Balaban J connectivity index is 1.95. The summed E-state index contributed by atoms with van der Waals surface area (Å²) >= 11 is 3.53. The van der Waals surface area contributed by atoms with E-state index in [9.17, 15) is 4.79 Å². The summed E-state index contributed by atoms with van der Waals surface area (Å²) < 4.78 is 11.6. The average molecular weight is 371 g/mol. The maximum Gasteiger partial charge on any atom is 0.410 e. The van der Waals surface area contributed by atoms with Crippen LogP contribution in [0.1, 0.15) is 27.2 Å². The quantitative estimate of drug-likeness (QED) is 0.876. The van der Waals surface area contributed by atoms with Gasteiger partial charge in [-0.05, 0) is 55.3 Å². The Kier molecular flexibility index (Phi) is 5.21. The number of amides is 1. The van der Waals surface area contributed by atoms with Crippen LogP contribution in [0.3, 0.4) is 0 Å².